The maximum atomic E-state index is 12.3. The number of rotatable bonds is 6. The molecule has 3 aromatic carbocycles. The van der Waals surface area contributed by atoms with Crippen LogP contribution >= 0.6 is 11.6 Å². The molecule has 0 aliphatic carbocycles. The summed E-state index contributed by atoms with van der Waals surface area (Å²) in [6.45, 7) is 1.90. The Labute approximate surface area is 187 Å². The normalized spacial score (nSPS) is 13.3. The largest absolute Gasteiger partial charge is 0.338 e. The van der Waals surface area contributed by atoms with E-state index in [1.54, 1.807) is 24.3 Å². The number of nitrogens with one attached hydrogen (secondary N) is 2. The number of nitrogens with zero attached hydrogens (tertiary/aromatic N) is 1. The summed E-state index contributed by atoms with van der Waals surface area (Å²) in [5, 5.41) is 6.34. The molecule has 0 radical (unpaired) electrons. The van der Waals surface area contributed by atoms with Crippen molar-refractivity contribution in [3.8, 4) is 11.1 Å². The molecular weight excluding hydrogens is 410 g/mol. The molecule has 3 aromatic rings. The van der Waals surface area contributed by atoms with Crippen LogP contribution in [0.15, 0.2) is 72.8 Å². The molecule has 4 rings (SSSR count). The molecule has 1 aliphatic heterocycles. The Morgan fingerprint density at radius 3 is 2.42 bits per heavy atom. The first-order valence-electron chi connectivity index (χ1n) is 10.3. The van der Waals surface area contributed by atoms with Gasteiger partial charge in [0.15, 0.2) is 0 Å². The summed E-state index contributed by atoms with van der Waals surface area (Å²) in [4.78, 5) is 26.0. The Morgan fingerprint density at radius 2 is 1.71 bits per heavy atom. The van der Waals surface area contributed by atoms with Gasteiger partial charge in [0.2, 0.25) is 5.91 Å². The van der Waals surface area contributed by atoms with E-state index in [1.807, 2.05) is 29.2 Å². The van der Waals surface area contributed by atoms with Crippen LogP contribution in [0.1, 0.15) is 24.0 Å². The highest BCUT2D eigenvalue weighted by molar-refractivity contribution is 6.30. The van der Waals surface area contributed by atoms with Crippen LogP contribution in [0, 0.1) is 0 Å². The summed E-state index contributed by atoms with van der Waals surface area (Å²) >= 11 is 5.88. The lowest BCUT2D eigenvalue weighted by molar-refractivity contribution is -0.128. The first-order valence-corrected chi connectivity index (χ1v) is 10.7. The van der Waals surface area contributed by atoms with Crippen molar-refractivity contribution in [1.82, 2.24) is 10.2 Å². The minimum atomic E-state index is -0.275. The molecule has 0 saturated carbocycles. The van der Waals surface area contributed by atoms with Gasteiger partial charge >= 0.3 is 6.03 Å². The second-order valence-corrected chi connectivity index (χ2v) is 8.02. The van der Waals surface area contributed by atoms with Gasteiger partial charge < -0.3 is 15.5 Å². The topological polar surface area (TPSA) is 61.4 Å². The molecular formula is C25H24ClN3O2. The molecule has 2 N–H and O–H groups in total. The monoisotopic (exact) mass is 433 g/mol. The van der Waals surface area contributed by atoms with E-state index in [0.29, 0.717) is 30.2 Å². The molecule has 1 aliphatic rings. The first kappa shape index (κ1) is 20.9. The van der Waals surface area contributed by atoms with E-state index >= 15 is 0 Å². The summed E-state index contributed by atoms with van der Waals surface area (Å²) < 4.78 is 0. The lowest BCUT2D eigenvalue weighted by Crippen LogP contribution is -2.28. The van der Waals surface area contributed by atoms with Gasteiger partial charge in [-0.05, 0) is 52.9 Å². The Bertz CT molecular complexity index is 1060. The molecule has 5 nitrogen and oxygen atoms in total. The van der Waals surface area contributed by atoms with E-state index in [1.165, 1.54) is 0 Å². The van der Waals surface area contributed by atoms with Crippen molar-refractivity contribution in [2.24, 2.45) is 0 Å². The highest BCUT2D eigenvalue weighted by Gasteiger charge is 2.19. The average molecular weight is 434 g/mol. The van der Waals surface area contributed by atoms with Crippen molar-refractivity contribution in [2.45, 2.75) is 25.9 Å². The molecule has 0 aromatic heterocycles. The van der Waals surface area contributed by atoms with E-state index < -0.39 is 0 Å². The van der Waals surface area contributed by atoms with Crippen molar-refractivity contribution in [3.63, 3.8) is 0 Å². The smallest absolute Gasteiger partial charge is 0.319 e. The third-order valence-corrected chi connectivity index (χ3v) is 5.62. The zero-order chi connectivity index (χ0) is 21.6. The van der Waals surface area contributed by atoms with E-state index in [0.717, 1.165) is 35.2 Å². The zero-order valence-electron chi connectivity index (χ0n) is 17.1. The van der Waals surface area contributed by atoms with E-state index in [4.69, 9.17) is 11.6 Å². The Hall–Kier alpha value is -3.31. The van der Waals surface area contributed by atoms with Gasteiger partial charge in [-0.1, -0.05) is 60.1 Å². The number of hydrogen-bond acceptors (Lipinski definition) is 2. The quantitative estimate of drug-likeness (QED) is 0.542. The van der Waals surface area contributed by atoms with Crippen LogP contribution in [0.5, 0.6) is 0 Å². The Kier molecular flexibility index (Phi) is 6.53. The Balaban J connectivity index is 1.40. The lowest BCUT2D eigenvalue weighted by atomic mass is 9.98. The lowest BCUT2D eigenvalue weighted by Gasteiger charge is -2.16. The summed E-state index contributed by atoms with van der Waals surface area (Å²) in [6, 6.07) is 23.0. The van der Waals surface area contributed by atoms with Gasteiger partial charge in [0.1, 0.15) is 0 Å². The maximum absolute atomic E-state index is 12.3. The van der Waals surface area contributed by atoms with E-state index in [9.17, 15) is 9.59 Å². The minimum absolute atomic E-state index is 0.234. The molecule has 158 valence electrons. The average Bonchev–Trinajstić information content (AvgIpc) is 3.19. The van der Waals surface area contributed by atoms with Gasteiger partial charge in [0.05, 0.1) is 0 Å². The van der Waals surface area contributed by atoms with Crippen LogP contribution in [0.2, 0.25) is 5.02 Å². The summed E-state index contributed by atoms with van der Waals surface area (Å²) in [7, 11) is 0. The van der Waals surface area contributed by atoms with Crippen LogP contribution in [-0.2, 0) is 17.9 Å². The van der Waals surface area contributed by atoms with Crippen LogP contribution < -0.4 is 10.6 Å². The van der Waals surface area contributed by atoms with E-state index in [-0.39, 0.29) is 11.9 Å². The molecule has 0 spiro atoms. The number of halogens is 1. The third-order valence-electron chi connectivity index (χ3n) is 5.37. The number of amides is 3. The number of anilines is 1. The summed E-state index contributed by atoms with van der Waals surface area (Å²) in [5.41, 5.74) is 4.97. The fourth-order valence-electron chi connectivity index (χ4n) is 3.72. The highest BCUT2D eigenvalue weighted by Crippen LogP contribution is 2.25. The third kappa shape index (κ3) is 5.44. The predicted octanol–water partition coefficient (Wildman–Crippen LogP) is 5.45. The molecule has 0 unspecified atom stereocenters. The van der Waals surface area contributed by atoms with Gasteiger partial charge in [0.25, 0.3) is 0 Å². The van der Waals surface area contributed by atoms with Gasteiger partial charge in [-0.15, -0.1) is 0 Å². The standard InChI is InChI=1S/C25H24ClN3O2/c26-21-11-13-22(14-12-21)28-25(31)27-16-20-4-1-2-5-23(20)19-9-7-18(8-10-19)17-29-15-3-6-24(29)30/h1-2,4-5,7-14H,3,6,15-17H2,(H2,27,28,31). The Morgan fingerprint density at radius 1 is 0.968 bits per heavy atom. The molecule has 3 amide bonds. The number of benzene rings is 3. The van der Waals surface area contributed by atoms with Gasteiger partial charge in [-0.25, -0.2) is 4.79 Å². The number of urea groups is 1. The fraction of sp³-hybridized carbons (Fsp3) is 0.200. The number of likely N-dealkylation sites (tertiary alicyclic amines) is 1. The number of carbonyl (C=O) groups excluding carboxylic acids is 2. The fourth-order valence-corrected chi connectivity index (χ4v) is 3.85. The van der Waals surface area contributed by atoms with Crippen molar-refractivity contribution < 1.29 is 9.59 Å². The SMILES string of the molecule is O=C(NCc1ccccc1-c1ccc(CN2CCCC2=O)cc1)Nc1ccc(Cl)cc1. The van der Waals surface area contributed by atoms with Crippen molar-refractivity contribution in [2.75, 3.05) is 11.9 Å². The summed E-state index contributed by atoms with van der Waals surface area (Å²) in [6.07, 6.45) is 1.60. The summed E-state index contributed by atoms with van der Waals surface area (Å²) in [5.74, 6) is 0.234. The van der Waals surface area contributed by atoms with Gasteiger partial charge in [-0.3, -0.25) is 4.79 Å². The predicted molar refractivity (Wildman–Crippen MR) is 124 cm³/mol. The van der Waals surface area contributed by atoms with Gasteiger partial charge in [0, 0.05) is 36.8 Å². The van der Waals surface area contributed by atoms with Crippen molar-refractivity contribution in [1.29, 1.82) is 0 Å². The minimum Gasteiger partial charge on any atom is -0.338 e. The van der Waals surface area contributed by atoms with E-state index in [2.05, 4.69) is 34.9 Å². The second kappa shape index (κ2) is 9.67. The maximum Gasteiger partial charge on any atom is 0.319 e. The van der Waals surface area contributed by atoms with Crippen LogP contribution in [0.3, 0.4) is 0 Å². The van der Waals surface area contributed by atoms with Crippen LogP contribution in [0.4, 0.5) is 10.5 Å². The van der Waals surface area contributed by atoms with Crippen LogP contribution in [0.25, 0.3) is 11.1 Å². The molecule has 1 fully saturated rings. The van der Waals surface area contributed by atoms with Crippen molar-refractivity contribution >= 4 is 29.2 Å². The molecule has 1 saturated heterocycles. The van der Waals surface area contributed by atoms with Crippen LogP contribution in [-0.4, -0.2) is 23.4 Å². The first-order chi connectivity index (χ1) is 15.1. The molecule has 1 heterocycles. The molecule has 6 heteroatoms. The second-order valence-electron chi connectivity index (χ2n) is 7.59. The molecule has 0 bridgehead atoms. The highest BCUT2D eigenvalue weighted by atomic mass is 35.5. The molecule has 31 heavy (non-hydrogen) atoms. The van der Waals surface area contributed by atoms with Crippen molar-refractivity contribution in [3.05, 3.63) is 88.9 Å². The zero-order valence-corrected chi connectivity index (χ0v) is 17.9. The number of hydrogen-bond donors (Lipinski definition) is 2. The molecule has 0 atom stereocenters. The number of carbonyl (C=O) groups is 2. The van der Waals surface area contributed by atoms with Gasteiger partial charge in [-0.2, -0.15) is 0 Å².